The number of thiophene rings is 1. The summed E-state index contributed by atoms with van der Waals surface area (Å²) in [5, 5.41) is 15.3. The van der Waals surface area contributed by atoms with Crippen LogP contribution >= 0.6 is 46.3 Å². The Morgan fingerprint density at radius 3 is 2.69 bits per heavy atom. The third kappa shape index (κ3) is 5.75. The number of hydrogen-bond donors (Lipinski definition) is 1. The van der Waals surface area contributed by atoms with Crippen LogP contribution < -0.4 is 5.32 Å². The van der Waals surface area contributed by atoms with Crippen molar-refractivity contribution < 1.29 is 22.9 Å². The van der Waals surface area contributed by atoms with Crippen molar-refractivity contribution in [2.75, 3.05) is 26.0 Å². The van der Waals surface area contributed by atoms with Crippen molar-refractivity contribution in [3.05, 3.63) is 72.8 Å². The van der Waals surface area contributed by atoms with Gasteiger partial charge in [-0.1, -0.05) is 47.1 Å². The summed E-state index contributed by atoms with van der Waals surface area (Å²) in [6.45, 7) is 0.953. The molecule has 9 nitrogen and oxygen atoms in total. The average Bonchev–Trinajstić information content (AvgIpc) is 3.35. The number of fused-ring (bicyclic) bond motifs is 1. The molecule has 3 aromatic rings. The summed E-state index contributed by atoms with van der Waals surface area (Å²) in [5.74, 6) is -0.437. The van der Waals surface area contributed by atoms with Gasteiger partial charge in [-0.3, -0.25) is 19.9 Å². The molecule has 1 N–H and O–H groups in total. The van der Waals surface area contributed by atoms with Gasteiger partial charge in [-0.15, -0.1) is 11.3 Å². The summed E-state index contributed by atoms with van der Waals surface area (Å²) < 4.78 is 30.7. The van der Waals surface area contributed by atoms with E-state index in [0.29, 0.717) is 29.2 Å². The first kappa shape index (κ1) is 27.0. The summed E-state index contributed by atoms with van der Waals surface area (Å²) in [5.41, 5.74) is 0.919. The Balaban J connectivity index is 1.57. The number of nitro groups is 1. The molecule has 1 unspecified atom stereocenters. The normalized spacial score (nSPS) is 16.1. The number of Topliss-reactive ketones (excluding diaryl/α,β-unsaturated/α-hetero) is 1. The lowest BCUT2D eigenvalue weighted by molar-refractivity contribution is -0.387. The molecule has 1 aliphatic heterocycles. The van der Waals surface area contributed by atoms with Crippen LogP contribution in [0.3, 0.4) is 0 Å². The molecule has 3 heterocycles. The van der Waals surface area contributed by atoms with E-state index in [9.17, 15) is 23.3 Å². The molecule has 14 heteroatoms. The number of hydrogen-bond acceptors (Lipinski definition) is 10. The summed E-state index contributed by atoms with van der Waals surface area (Å²) >= 11 is 14.2. The quantitative estimate of drug-likeness (QED) is 0.151. The molecule has 1 aliphatic rings. The highest BCUT2D eigenvalue weighted by atomic mass is 35.5. The van der Waals surface area contributed by atoms with Crippen LogP contribution in [0, 0.1) is 10.1 Å². The van der Waals surface area contributed by atoms with Gasteiger partial charge >= 0.3 is 0 Å². The number of ketones is 1. The molecule has 1 aromatic carbocycles. The molecular weight excluding hydrogens is 569 g/mol. The second kappa shape index (κ2) is 11.1. The van der Waals surface area contributed by atoms with Crippen LogP contribution in [0.4, 0.5) is 5.69 Å². The number of nitrogens with zero attached hydrogens (tertiary/aromatic N) is 2. The second-order valence-corrected chi connectivity index (χ2v) is 13.0. The van der Waals surface area contributed by atoms with Gasteiger partial charge in [-0.25, -0.2) is 8.42 Å². The summed E-state index contributed by atoms with van der Waals surface area (Å²) in [6.07, 6.45) is 2.64. The topological polar surface area (TPSA) is 128 Å². The summed E-state index contributed by atoms with van der Waals surface area (Å²) in [7, 11) is -1.94. The molecule has 0 radical (unpaired) electrons. The molecule has 0 saturated carbocycles. The average molecular weight is 589 g/mol. The highest BCUT2D eigenvalue weighted by Gasteiger charge is 2.34. The highest BCUT2D eigenvalue weighted by molar-refractivity contribution is 8.01. The smallest absolute Gasteiger partial charge is 0.294 e. The van der Waals surface area contributed by atoms with Gasteiger partial charge in [0.15, 0.2) is 15.6 Å². The number of pyridine rings is 1. The number of ether oxygens (including phenoxy) is 1. The minimum atomic E-state index is -3.51. The van der Waals surface area contributed by atoms with Crippen molar-refractivity contribution in [1.29, 1.82) is 0 Å². The van der Waals surface area contributed by atoms with Crippen LogP contribution in [0.15, 0.2) is 50.7 Å². The van der Waals surface area contributed by atoms with Gasteiger partial charge in [0, 0.05) is 44.6 Å². The predicted octanol–water partition coefficient (Wildman–Crippen LogP) is 5.00. The summed E-state index contributed by atoms with van der Waals surface area (Å²) in [4.78, 5) is 28.7. The van der Waals surface area contributed by atoms with Gasteiger partial charge in [0.2, 0.25) is 0 Å². The molecular formula is C22H19Cl2N3O6S3. The fourth-order valence-electron chi connectivity index (χ4n) is 3.71. The van der Waals surface area contributed by atoms with Crippen LogP contribution in [-0.2, 0) is 21.0 Å². The zero-order valence-electron chi connectivity index (χ0n) is 18.7. The van der Waals surface area contributed by atoms with Gasteiger partial charge in [-0.05, 0) is 17.2 Å². The highest BCUT2D eigenvalue weighted by Crippen LogP contribution is 2.46. The van der Waals surface area contributed by atoms with Crippen molar-refractivity contribution in [3.63, 3.8) is 0 Å². The Bertz CT molecular complexity index is 1420. The van der Waals surface area contributed by atoms with E-state index >= 15 is 0 Å². The van der Waals surface area contributed by atoms with Gasteiger partial charge < -0.3 is 10.1 Å². The minimum Gasteiger partial charge on any atom is -0.383 e. The van der Waals surface area contributed by atoms with E-state index in [2.05, 4.69) is 10.3 Å². The van der Waals surface area contributed by atoms with Crippen molar-refractivity contribution >= 4 is 67.6 Å². The Labute approximate surface area is 225 Å². The van der Waals surface area contributed by atoms with E-state index in [1.165, 1.54) is 24.5 Å². The molecule has 0 aliphatic carbocycles. The molecule has 0 amide bonds. The number of carbonyl (C=O) groups excluding carboxylic acids is 1. The van der Waals surface area contributed by atoms with E-state index < -0.39 is 14.8 Å². The molecule has 1 atom stereocenters. The monoisotopic (exact) mass is 587 g/mol. The Hall–Kier alpha value is -2.06. The molecule has 0 fully saturated rings. The van der Waals surface area contributed by atoms with Gasteiger partial charge in [0.25, 0.3) is 5.69 Å². The van der Waals surface area contributed by atoms with Gasteiger partial charge in [-0.2, -0.15) is 0 Å². The van der Waals surface area contributed by atoms with Gasteiger partial charge in [0.1, 0.15) is 4.21 Å². The van der Waals surface area contributed by atoms with Crippen molar-refractivity contribution in [2.24, 2.45) is 0 Å². The molecule has 190 valence electrons. The predicted molar refractivity (Wildman–Crippen MR) is 139 cm³/mol. The Morgan fingerprint density at radius 2 is 2.03 bits per heavy atom. The van der Waals surface area contributed by atoms with Gasteiger partial charge in [0.05, 0.1) is 42.0 Å². The number of methoxy groups -OCH3 is 1. The Morgan fingerprint density at radius 1 is 1.31 bits per heavy atom. The number of halogens is 2. The lowest BCUT2D eigenvalue weighted by Gasteiger charge is -2.12. The lowest BCUT2D eigenvalue weighted by Crippen LogP contribution is -2.26. The minimum absolute atomic E-state index is 0.0682. The first-order chi connectivity index (χ1) is 17.1. The fraction of sp³-hybridized carbons (Fsp3) is 0.273. The third-order valence-corrected chi connectivity index (χ3v) is 10.5. The Kier molecular flexibility index (Phi) is 8.35. The first-order valence-corrected chi connectivity index (χ1v) is 14.5. The zero-order chi connectivity index (χ0) is 26.0. The number of benzene rings is 1. The standard InChI is InChI=1S/C22H19Cl2N3O6S3/c1-33-5-4-26-16-11-36(31,32)20-7-12(2-3-13(16)20)6-18(28)19-8-17(27(29)30)22(34-19)35-21-14(23)9-25-10-15(21)24/h2-3,7-10,16,26H,4-6,11H2,1H3. The molecule has 4 rings (SSSR count). The zero-order valence-corrected chi connectivity index (χ0v) is 22.7. The number of nitrogens with one attached hydrogen (secondary N) is 1. The maximum absolute atomic E-state index is 13.0. The fourth-order valence-corrected chi connectivity index (χ4v) is 8.33. The molecule has 0 bridgehead atoms. The second-order valence-electron chi connectivity index (χ2n) is 7.83. The lowest BCUT2D eigenvalue weighted by atomic mass is 10.0. The SMILES string of the molecule is COCCNC1CS(=O)(=O)c2cc(CC(=O)c3cc([N+](=O)[O-])c(Sc4c(Cl)cncc4Cl)s3)ccc21. The first-order valence-electron chi connectivity index (χ1n) is 10.5. The van der Waals surface area contributed by atoms with Crippen molar-refractivity contribution in [3.8, 4) is 0 Å². The van der Waals surface area contributed by atoms with E-state index in [1.807, 2.05) is 0 Å². The van der Waals surface area contributed by atoms with Crippen LogP contribution in [0.25, 0.3) is 0 Å². The van der Waals surface area contributed by atoms with Crippen LogP contribution in [0.1, 0.15) is 26.8 Å². The van der Waals surface area contributed by atoms with E-state index in [4.69, 9.17) is 27.9 Å². The van der Waals surface area contributed by atoms with Crippen LogP contribution in [0.5, 0.6) is 0 Å². The van der Waals surface area contributed by atoms with E-state index in [1.54, 1.807) is 19.2 Å². The van der Waals surface area contributed by atoms with Crippen molar-refractivity contribution in [1.82, 2.24) is 10.3 Å². The maximum Gasteiger partial charge on any atom is 0.294 e. The third-order valence-electron chi connectivity index (χ3n) is 5.39. The largest absolute Gasteiger partial charge is 0.383 e. The van der Waals surface area contributed by atoms with E-state index in [-0.39, 0.29) is 53.7 Å². The van der Waals surface area contributed by atoms with Crippen LogP contribution in [-0.4, -0.2) is 50.1 Å². The molecule has 2 aromatic heterocycles. The van der Waals surface area contributed by atoms with E-state index in [0.717, 1.165) is 23.1 Å². The number of rotatable bonds is 10. The molecule has 0 spiro atoms. The summed E-state index contributed by atoms with van der Waals surface area (Å²) in [6, 6.07) is 5.79. The number of aromatic nitrogens is 1. The number of carbonyl (C=O) groups is 1. The molecule has 0 saturated heterocycles. The van der Waals surface area contributed by atoms with Crippen LogP contribution in [0.2, 0.25) is 10.0 Å². The van der Waals surface area contributed by atoms with Crippen molar-refractivity contribution in [2.45, 2.75) is 26.5 Å². The molecule has 36 heavy (non-hydrogen) atoms. The maximum atomic E-state index is 13.0. The number of sulfone groups is 1.